The molecule has 0 atom stereocenters. The van der Waals surface area contributed by atoms with Gasteiger partial charge in [-0.1, -0.05) is 12.1 Å². The SMILES string of the molecule is Cc1ccc2cc(C(=O)O)c(=O)n(-c3ccc(N)cc3)c2c1. The normalized spacial score (nSPS) is 10.8. The molecule has 0 amide bonds. The number of aryl methyl sites for hydroxylation is 1. The Morgan fingerprint density at radius 2 is 1.77 bits per heavy atom. The number of anilines is 1. The van der Waals surface area contributed by atoms with Crippen LogP contribution < -0.4 is 11.3 Å². The molecule has 0 bridgehead atoms. The first-order valence-corrected chi connectivity index (χ1v) is 6.73. The zero-order valence-electron chi connectivity index (χ0n) is 11.9. The lowest BCUT2D eigenvalue weighted by atomic mass is 10.1. The van der Waals surface area contributed by atoms with Crippen molar-refractivity contribution in [3.63, 3.8) is 0 Å². The van der Waals surface area contributed by atoms with Crippen LogP contribution in [0.5, 0.6) is 0 Å². The van der Waals surface area contributed by atoms with Gasteiger partial charge in [0.2, 0.25) is 0 Å². The molecule has 3 aromatic rings. The van der Waals surface area contributed by atoms with E-state index in [-0.39, 0.29) is 5.56 Å². The van der Waals surface area contributed by atoms with Crippen molar-refractivity contribution in [2.45, 2.75) is 6.92 Å². The molecule has 3 N–H and O–H groups in total. The average Bonchev–Trinajstić information content (AvgIpc) is 2.48. The number of carbonyl (C=O) groups is 1. The van der Waals surface area contributed by atoms with Crippen molar-refractivity contribution in [1.82, 2.24) is 4.57 Å². The lowest BCUT2D eigenvalue weighted by Crippen LogP contribution is -2.25. The molecule has 0 aliphatic heterocycles. The maximum absolute atomic E-state index is 12.6. The smallest absolute Gasteiger partial charge is 0.341 e. The molecule has 1 aromatic heterocycles. The Hall–Kier alpha value is -3.08. The Bertz CT molecular complexity index is 941. The first-order valence-electron chi connectivity index (χ1n) is 6.73. The van der Waals surface area contributed by atoms with Gasteiger partial charge in [-0.05, 0) is 54.3 Å². The largest absolute Gasteiger partial charge is 0.477 e. The van der Waals surface area contributed by atoms with Crippen LogP contribution in [-0.4, -0.2) is 15.6 Å². The molecule has 5 nitrogen and oxygen atoms in total. The predicted molar refractivity (Wildman–Crippen MR) is 85.7 cm³/mol. The number of carboxylic acids is 1. The van der Waals surface area contributed by atoms with Gasteiger partial charge in [0.05, 0.1) is 5.52 Å². The zero-order chi connectivity index (χ0) is 15.9. The fraction of sp³-hybridized carbons (Fsp3) is 0.0588. The van der Waals surface area contributed by atoms with Gasteiger partial charge in [0.15, 0.2) is 0 Å². The maximum Gasteiger partial charge on any atom is 0.341 e. The molecule has 0 aliphatic carbocycles. The van der Waals surface area contributed by atoms with E-state index in [1.165, 1.54) is 10.6 Å². The van der Waals surface area contributed by atoms with E-state index in [1.807, 2.05) is 25.1 Å². The third-order valence-corrected chi connectivity index (χ3v) is 3.54. The van der Waals surface area contributed by atoms with Crippen LogP contribution in [0.2, 0.25) is 0 Å². The van der Waals surface area contributed by atoms with Crippen LogP contribution >= 0.6 is 0 Å². The van der Waals surface area contributed by atoms with E-state index in [1.54, 1.807) is 24.3 Å². The molecular formula is C17H14N2O3. The van der Waals surface area contributed by atoms with Crippen LogP contribution in [-0.2, 0) is 0 Å². The predicted octanol–water partition coefficient (Wildman–Crippen LogP) is 2.58. The fourth-order valence-corrected chi connectivity index (χ4v) is 2.45. The summed E-state index contributed by atoms with van der Waals surface area (Å²) in [6.45, 7) is 1.92. The third-order valence-electron chi connectivity index (χ3n) is 3.54. The molecule has 0 saturated heterocycles. The first-order chi connectivity index (χ1) is 10.5. The molecule has 5 heteroatoms. The second-order valence-corrected chi connectivity index (χ2v) is 5.16. The highest BCUT2D eigenvalue weighted by Crippen LogP contribution is 2.20. The van der Waals surface area contributed by atoms with Gasteiger partial charge in [0.1, 0.15) is 5.56 Å². The third kappa shape index (κ3) is 2.22. The van der Waals surface area contributed by atoms with Crippen molar-refractivity contribution >= 4 is 22.6 Å². The van der Waals surface area contributed by atoms with Crippen molar-refractivity contribution < 1.29 is 9.90 Å². The Labute approximate surface area is 126 Å². The summed E-state index contributed by atoms with van der Waals surface area (Å²) in [6, 6.07) is 13.7. The van der Waals surface area contributed by atoms with E-state index in [0.717, 1.165) is 5.56 Å². The number of pyridine rings is 1. The Kier molecular flexibility index (Phi) is 3.18. The first kappa shape index (κ1) is 13.9. The fourth-order valence-electron chi connectivity index (χ4n) is 2.45. The van der Waals surface area contributed by atoms with Crippen LogP contribution in [0.25, 0.3) is 16.6 Å². The number of carboxylic acid groups (broad SMARTS) is 1. The van der Waals surface area contributed by atoms with E-state index in [2.05, 4.69) is 0 Å². The molecule has 22 heavy (non-hydrogen) atoms. The summed E-state index contributed by atoms with van der Waals surface area (Å²) in [7, 11) is 0. The van der Waals surface area contributed by atoms with Crippen LogP contribution in [0.15, 0.2) is 53.3 Å². The van der Waals surface area contributed by atoms with E-state index >= 15 is 0 Å². The highest BCUT2D eigenvalue weighted by Gasteiger charge is 2.15. The molecule has 110 valence electrons. The van der Waals surface area contributed by atoms with Gasteiger partial charge in [-0.3, -0.25) is 9.36 Å². The molecule has 0 aliphatic rings. The molecule has 2 aromatic carbocycles. The summed E-state index contributed by atoms with van der Waals surface area (Å²) in [5, 5.41) is 9.96. The van der Waals surface area contributed by atoms with Gasteiger partial charge < -0.3 is 10.8 Å². The van der Waals surface area contributed by atoms with Crippen LogP contribution in [0.1, 0.15) is 15.9 Å². The number of benzene rings is 2. The van der Waals surface area contributed by atoms with E-state index in [0.29, 0.717) is 22.3 Å². The minimum Gasteiger partial charge on any atom is -0.477 e. The zero-order valence-corrected chi connectivity index (χ0v) is 11.9. The van der Waals surface area contributed by atoms with E-state index in [9.17, 15) is 14.7 Å². The van der Waals surface area contributed by atoms with Gasteiger partial charge in [0.25, 0.3) is 5.56 Å². The highest BCUT2D eigenvalue weighted by atomic mass is 16.4. The summed E-state index contributed by atoms with van der Waals surface area (Å²) in [6.07, 6.45) is 0. The number of hydrogen-bond donors (Lipinski definition) is 2. The molecule has 3 rings (SSSR count). The standard InChI is InChI=1S/C17H14N2O3/c1-10-2-3-11-9-14(17(21)22)16(20)19(15(11)8-10)13-6-4-12(18)5-7-13/h2-9H,18H2,1H3,(H,21,22). The Morgan fingerprint density at radius 1 is 1.09 bits per heavy atom. The van der Waals surface area contributed by atoms with Gasteiger partial charge in [-0.2, -0.15) is 0 Å². The topological polar surface area (TPSA) is 85.3 Å². The molecule has 0 unspecified atom stereocenters. The van der Waals surface area contributed by atoms with E-state index in [4.69, 9.17) is 5.73 Å². The monoisotopic (exact) mass is 294 g/mol. The van der Waals surface area contributed by atoms with Crippen LogP contribution in [0, 0.1) is 6.92 Å². The van der Waals surface area contributed by atoms with Gasteiger partial charge in [-0.15, -0.1) is 0 Å². The number of nitrogens with two attached hydrogens (primary N) is 1. The van der Waals surface area contributed by atoms with Crippen molar-refractivity contribution in [3.8, 4) is 5.69 Å². The summed E-state index contributed by atoms with van der Waals surface area (Å²) < 4.78 is 1.41. The number of nitrogens with zero attached hydrogens (tertiary/aromatic N) is 1. The summed E-state index contributed by atoms with van der Waals surface area (Å²) >= 11 is 0. The number of aromatic nitrogens is 1. The minimum absolute atomic E-state index is 0.256. The van der Waals surface area contributed by atoms with Crippen molar-refractivity contribution in [2.75, 3.05) is 5.73 Å². The summed E-state index contributed by atoms with van der Waals surface area (Å²) in [5.74, 6) is -1.24. The summed E-state index contributed by atoms with van der Waals surface area (Å²) in [5.41, 5.74) is 7.67. The van der Waals surface area contributed by atoms with Crippen molar-refractivity contribution in [3.05, 3.63) is 70.0 Å². The molecular weight excluding hydrogens is 280 g/mol. The molecule has 0 fully saturated rings. The maximum atomic E-state index is 12.6. The molecule has 1 heterocycles. The highest BCUT2D eigenvalue weighted by molar-refractivity contribution is 5.93. The van der Waals surface area contributed by atoms with Gasteiger partial charge >= 0.3 is 5.97 Å². The van der Waals surface area contributed by atoms with Crippen molar-refractivity contribution in [1.29, 1.82) is 0 Å². The molecule has 0 saturated carbocycles. The second kappa shape index (κ2) is 5.04. The average molecular weight is 294 g/mol. The molecule has 0 radical (unpaired) electrons. The lowest BCUT2D eigenvalue weighted by Gasteiger charge is -2.12. The quantitative estimate of drug-likeness (QED) is 0.711. The number of hydrogen-bond acceptors (Lipinski definition) is 3. The molecule has 0 spiro atoms. The number of nitrogen functional groups attached to an aromatic ring is 1. The number of rotatable bonds is 2. The van der Waals surface area contributed by atoms with E-state index < -0.39 is 11.5 Å². The van der Waals surface area contributed by atoms with Crippen molar-refractivity contribution in [2.24, 2.45) is 0 Å². The Morgan fingerprint density at radius 3 is 2.41 bits per heavy atom. The Balaban J connectivity index is 2.46. The van der Waals surface area contributed by atoms with Gasteiger partial charge in [-0.25, -0.2) is 4.79 Å². The second-order valence-electron chi connectivity index (χ2n) is 5.16. The summed E-state index contributed by atoms with van der Waals surface area (Å²) in [4.78, 5) is 23.9. The minimum atomic E-state index is -1.24. The van der Waals surface area contributed by atoms with Crippen LogP contribution in [0.4, 0.5) is 5.69 Å². The van der Waals surface area contributed by atoms with Gasteiger partial charge in [0, 0.05) is 11.4 Å². The number of fused-ring (bicyclic) bond motifs is 1. The lowest BCUT2D eigenvalue weighted by molar-refractivity contribution is 0.0695. The number of aromatic carboxylic acids is 1. The van der Waals surface area contributed by atoms with Crippen LogP contribution in [0.3, 0.4) is 0 Å².